The quantitative estimate of drug-likeness (QED) is 0.746. The minimum absolute atomic E-state index is 0.113. The molecule has 16 heavy (non-hydrogen) atoms. The highest BCUT2D eigenvalue weighted by Gasteiger charge is 2.09. The van der Waals surface area contributed by atoms with Crippen LogP contribution in [-0.4, -0.2) is 18.6 Å². The Morgan fingerprint density at radius 1 is 1.44 bits per heavy atom. The Morgan fingerprint density at radius 3 is 2.88 bits per heavy atom. The van der Waals surface area contributed by atoms with E-state index in [9.17, 15) is 9.18 Å². The number of carbonyl (C=O) groups excluding carboxylic acids is 1. The van der Waals surface area contributed by atoms with Crippen LogP contribution in [0.1, 0.15) is 10.5 Å². The predicted octanol–water partition coefficient (Wildman–Crippen LogP) is 2.30. The largest absolute Gasteiger partial charge is 0.494 e. The van der Waals surface area contributed by atoms with Gasteiger partial charge in [0.25, 0.3) is 0 Å². The predicted molar refractivity (Wildman–Crippen MR) is 53.8 cm³/mol. The number of hydrogen-bond acceptors (Lipinski definition) is 4. The lowest BCUT2D eigenvalue weighted by Gasteiger charge is -2.02. The molecule has 82 valence electrons. The van der Waals surface area contributed by atoms with Gasteiger partial charge in [-0.2, -0.15) is 0 Å². The fraction of sp³-hybridized carbons (Fsp3) is 0.0909. The monoisotopic (exact) mass is 221 g/mol. The van der Waals surface area contributed by atoms with Gasteiger partial charge in [-0.05, 0) is 18.2 Å². The van der Waals surface area contributed by atoms with Gasteiger partial charge in [-0.3, -0.25) is 4.79 Å². The Labute approximate surface area is 90.6 Å². The molecule has 0 aliphatic heterocycles. The Morgan fingerprint density at radius 2 is 2.25 bits per heavy atom. The fourth-order valence-corrected chi connectivity index (χ4v) is 1.29. The lowest BCUT2D eigenvalue weighted by atomic mass is 10.1. The summed E-state index contributed by atoms with van der Waals surface area (Å²) in [6.07, 6.45) is 0.577. The molecule has 0 saturated carbocycles. The molecule has 4 nitrogen and oxygen atoms in total. The van der Waals surface area contributed by atoms with Gasteiger partial charge in [0.1, 0.15) is 5.69 Å². The molecular weight excluding hydrogens is 213 g/mol. The number of benzene rings is 1. The second-order valence-corrected chi connectivity index (χ2v) is 3.08. The third kappa shape index (κ3) is 1.79. The molecule has 0 fully saturated rings. The number of carbonyl (C=O) groups is 1. The molecule has 1 aromatic heterocycles. The zero-order valence-corrected chi connectivity index (χ0v) is 8.44. The topological polar surface area (TPSA) is 52.3 Å². The van der Waals surface area contributed by atoms with Crippen LogP contribution in [0, 0.1) is 5.82 Å². The molecule has 0 bridgehead atoms. The molecule has 1 heterocycles. The highest BCUT2D eigenvalue weighted by molar-refractivity contribution is 5.74. The van der Waals surface area contributed by atoms with E-state index in [1.165, 1.54) is 31.4 Å². The highest BCUT2D eigenvalue weighted by Crippen LogP contribution is 2.26. The van der Waals surface area contributed by atoms with Crippen molar-refractivity contribution in [3.63, 3.8) is 0 Å². The first-order valence-corrected chi connectivity index (χ1v) is 4.50. The molecular formula is C11H8FNO3. The maximum absolute atomic E-state index is 13.1. The summed E-state index contributed by atoms with van der Waals surface area (Å²) in [4.78, 5) is 10.4. The van der Waals surface area contributed by atoms with E-state index in [0.717, 1.165) is 0 Å². The van der Waals surface area contributed by atoms with E-state index in [-0.39, 0.29) is 11.4 Å². The standard InChI is InChI=1S/C11H8FNO3/c1-15-11-4-7(2-3-9(11)12)10-5-8(6-14)13-16-10/h2-6H,1H3. The number of hydrogen-bond donors (Lipinski definition) is 0. The van der Waals surface area contributed by atoms with Crippen LogP contribution in [0.25, 0.3) is 11.3 Å². The molecule has 0 radical (unpaired) electrons. The minimum Gasteiger partial charge on any atom is -0.494 e. The molecule has 0 N–H and O–H groups in total. The van der Waals surface area contributed by atoms with Crippen molar-refractivity contribution in [3.05, 3.63) is 35.8 Å². The van der Waals surface area contributed by atoms with Gasteiger partial charge in [-0.25, -0.2) is 4.39 Å². The van der Waals surface area contributed by atoms with Crippen molar-refractivity contribution in [2.75, 3.05) is 7.11 Å². The summed E-state index contributed by atoms with van der Waals surface area (Å²) in [5, 5.41) is 3.51. The zero-order valence-electron chi connectivity index (χ0n) is 8.44. The van der Waals surface area contributed by atoms with Crippen LogP contribution in [0.15, 0.2) is 28.8 Å². The number of halogens is 1. The van der Waals surface area contributed by atoms with Gasteiger partial charge in [0.15, 0.2) is 23.6 Å². The Balaban J connectivity index is 2.43. The molecule has 2 aromatic rings. The molecule has 0 saturated heterocycles. The van der Waals surface area contributed by atoms with Gasteiger partial charge in [0, 0.05) is 11.6 Å². The van der Waals surface area contributed by atoms with Gasteiger partial charge in [0.2, 0.25) is 0 Å². The van der Waals surface area contributed by atoms with Crippen LogP contribution < -0.4 is 4.74 Å². The first-order chi connectivity index (χ1) is 7.74. The second kappa shape index (κ2) is 4.14. The summed E-state index contributed by atoms with van der Waals surface area (Å²) in [6.45, 7) is 0. The van der Waals surface area contributed by atoms with Crippen molar-refractivity contribution in [3.8, 4) is 17.1 Å². The van der Waals surface area contributed by atoms with Crippen LogP contribution in [-0.2, 0) is 0 Å². The van der Waals surface area contributed by atoms with E-state index < -0.39 is 5.82 Å². The van der Waals surface area contributed by atoms with Crippen molar-refractivity contribution < 1.29 is 18.4 Å². The Hall–Kier alpha value is -2.17. The summed E-state index contributed by atoms with van der Waals surface area (Å²) in [6, 6.07) is 5.73. The first kappa shape index (κ1) is 10.4. The second-order valence-electron chi connectivity index (χ2n) is 3.08. The molecule has 0 spiro atoms. The molecule has 0 unspecified atom stereocenters. The van der Waals surface area contributed by atoms with Crippen molar-refractivity contribution in [1.82, 2.24) is 5.16 Å². The number of ether oxygens (including phenoxy) is 1. The number of nitrogens with zero attached hydrogens (tertiary/aromatic N) is 1. The fourth-order valence-electron chi connectivity index (χ4n) is 1.29. The molecule has 0 aliphatic rings. The van der Waals surface area contributed by atoms with Crippen LogP contribution in [0.2, 0.25) is 0 Å². The molecule has 0 atom stereocenters. The van der Waals surface area contributed by atoms with E-state index in [1.807, 2.05) is 0 Å². The molecule has 1 aromatic carbocycles. The van der Waals surface area contributed by atoms with Crippen LogP contribution in [0.5, 0.6) is 5.75 Å². The summed E-state index contributed by atoms with van der Waals surface area (Å²) in [5.41, 5.74) is 0.789. The SMILES string of the molecule is COc1cc(-c2cc(C=O)no2)ccc1F. The average molecular weight is 221 g/mol. The number of rotatable bonds is 3. The maximum atomic E-state index is 13.1. The molecule has 5 heteroatoms. The van der Waals surface area contributed by atoms with Gasteiger partial charge in [-0.1, -0.05) is 5.16 Å². The average Bonchev–Trinajstić information content (AvgIpc) is 2.78. The summed E-state index contributed by atoms with van der Waals surface area (Å²) in [5.74, 6) is 0.0447. The smallest absolute Gasteiger partial charge is 0.171 e. The van der Waals surface area contributed by atoms with Gasteiger partial charge < -0.3 is 9.26 Å². The van der Waals surface area contributed by atoms with Crippen LogP contribution in [0.4, 0.5) is 4.39 Å². The first-order valence-electron chi connectivity index (χ1n) is 4.50. The van der Waals surface area contributed by atoms with Crippen molar-refractivity contribution in [2.24, 2.45) is 0 Å². The molecule has 0 aliphatic carbocycles. The van der Waals surface area contributed by atoms with E-state index in [2.05, 4.69) is 5.16 Å². The number of aldehydes is 1. The van der Waals surface area contributed by atoms with Crippen LogP contribution >= 0.6 is 0 Å². The Bertz CT molecular complexity index is 522. The van der Waals surface area contributed by atoms with E-state index in [4.69, 9.17) is 9.26 Å². The third-order valence-corrected chi connectivity index (χ3v) is 2.08. The van der Waals surface area contributed by atoms with Gasteiger partial charge in [0.05, 0.1) is 7.11 Å². The molecule has 0 amide bonds. The summed E-state index contributed by atoms with van der Waals surface area (Å²) >= 11 is 0. The normalized spacial score (nSPS) is 10.1. The lowest BCUT2D eigenvalue weighted by Crippen LogP contribution is -1.88. The van der Waals surface area contributed by atoms with Crippen LogP contribution in [0.3, 0.4) is 0 Å². The maximum Gasteiger partial charge on any atom is 0.171 e. The highest BCUT2D eigenvalue weighted by atomic mass is 19.1. The number of methoxy groups -OCH3 is 1. The molecule has 2 rings (SSSR count). The van der Waals surface area contributed by atoms with E-state index in [1.54, 1.807) is 0 Å². The number of aromatic nitrogens is 1. The Kier molecular flexibility index (Phi) is 2.68. The van der Waals surface area contributed by atoms with Crippen molar-refractivity contribution >= 4 is 6.29 Å². The van der Waals surface area contributed by atoms with Gasteiger partial charge >= 0.3 is 0 Å². The van der Waals surface area contributed by atoms with Crippen molar-refractivity contribution in [1.29, 1.82) is 0 Å². The van der Waals surface area contributed by atoms with E-state index >= 15 is 0 Å². The minimum atomic E-state index is -0.457. The van der Waals surface area contributed by atoms with E-state index in [0.29, 0.717) is 17.6 Å². The lowest BCUT2D eigenvalue weighted by molar-refractivity contribution is 0.111. The van der Waals surface area contributed by atoms with Gasteiger partial charge in [-0.15, -0.1) is 0 Å². The summed E-state index contributed by atoms with van der Waals surface area (Å²) in [7, 11) is 1.37. The third-order valence-electron chi connectivity index (χ3n) is 2.08. The summed E-state index contributed by atoms with van der Waals surface area (Å²) < 4.78 is 22.9. The zero-order chi connectivity index (χ0) is 11.5. The van der Waals surface area contributed by atoms with Crippen molar-refractivity contribution in [2.45, 2.75) is 0 Å².